The molecule has 1 aromatic rings. The minimum absolute atomic E-state index is 0.0353. The molecule has 0 spiro atoms. The van der Waals surface area contributed by atoms with E-state index in [4.69, 9.17) is 10.2 Å². The number of hydrogen-bond acceptors (Lipinski definition) is 5. The Morgan fingerprint density at radius 1 is 1.33 bits per heavy atom. The summed E-state index contributed by atoms with van der Waals surface area (Å²) in [4.78, 5) is 13.2. The minimum Gasteiger partial charge on any atom is -0.395 e. The van der Waals surface area contributed by atoms with Gasteiger partial charge in [0.05, 0.1) is 19.8 Å². The second-order valence-corrected chi connectivity index (χ2v) is 3.07. The SMILES string of the molecule is O=C(CN(CCO)CCO)n1cccn1. The van der Waals surface area contributed by atoms with Crippen LogP contribution in [0.1, 0.15) is 4.79 Å². The van der Waals surface area contributed by atoms with E-state index >= 15 is 0 Å². The Kier molecular flexibility index (Phi) is 4.96. The molecule has 15 heavy (non-hydrogen) atoms. The highest BCUT2D eigenvalue weighted by Crippen LogP contribution is 1.91. The molecule has 0 radical (unpaired) electrons. The Labute approximate surface area is 87.7 Å². The Morgan fingerprint density at radius 3 is 2.47 bits per heavy atom. The van der Waals surface area contributed by atoms with E-state index in [-0.39, 0.29) is 25.7 Å². The molecule has 0 aromatic carbocycles. The maximum atomic E-state index is 11.6. The van der Waals surface area contributed by atoms with Crippen molar-refractivity contribution in [2.45, 2.75) is 0 Å². The van der Waals surface area contributed by atoms with Crippen LogP contribution >= 0.6 is 0 Å². The smallest absolute Gasteiger partial charge is 0.260 e. The van der Waals surface area contributed by atoms with Crippen LogP contribution in [-0.2, 0) is 0 Å². The third kappa shape index (κ3) is 3.78. The number of hydrogen-bond donors (Lipinski definition) is 2. The van der Waals surface area contributed by atoms with Crippen molar-refractivity contribution in [2.75, 3.05) is 32.8 Å². The molecule has 1 heterocycles. The summed E-state index contributed by atoms with van der Waals surface area (Å²) < 4.78 is 1.24. The molecule has 2 N–H and O–H groups in total. The van der Waals surface area contributed by atoms with Gasteiger partial charge in [-0.1, -0.05) is 0 Å². The summed E-state index contributed by atoms with van der Waals surface area (Å²) in [5, 5.41) is 21.3. The molecule has 84 valence electrons. The van der Waals surface area contributed by atoms with E-state index in [1.807, 2.05) is 0 Å². The van der Waals surface area contributed by atoms with Crippen LogP contribution < -0.4 is 0 Å². The van der Waals surface area contributed by atoms with E-state index in [0.29, 0.717) is 13.1 Å². The molecule has 0 bridgehead atoms. The van der Waals surface area contributed by atoms with Crippen LogP contribution in [0.4, 0.5) is 0 Å². The summed E-state index contributed by atoms with van der Waals surface area (Å²) in [5.41, 5.74) is 0. The van der Waals surface area contributed by atoms with E-state index < -0.39 is 0 Å². The number of rotatable bonds is 6. The molecule has 6 nitrogen and oxygen atoms in total. The first-order valence-electron chi connectivity index (χ1n) is 4.75. The Morgan fingerprint density at radius 2 is 2.00 bits per heavy atom. The highest BCUT2D eigenvalue weighted by Gasteiger charge is 2.11. The van der Waals surface area contributed by atoms with E-state index in [0.717, 1.165) is 0 Å². The minimum atomic E-state index is -0.179. The first-order chi connectivity index (χ1) is 7.27. The third-order valence-corrected chi connectivity index (χ3v) is 1.95. The molecule has 0 saturated heterocycles. The summed E-state index contributed by atoms with van der Waals surface area (Å²) in [6.07, 6.45) is 3.10. The van der Waals surface area contributed by atoms with Gasteiger partial charge < -0.3 is 10.2 Å². The van der Waals surface area contributed by atoms with Crippen molar-refractivity contribution in [2.24, 2.45) is 0 Å². The molecule has 0 aliphatic carbocycles. The summed E-state index contributed by atoms with van der Waals surface area (Å²) in [7, 11) is 0. The van der Waals surface area contributed by atoms with E-state index in [1.54, 1.807) is 17.2 Å². The van der Waals surface area contributed by atoms with E-state index in [1.165, 1.54) is 10.9 Å². The van der Waals surface area contributed by atoms with E-state index in [9.17, 15) is 4.79 Å². The van der Waals surface area contributed by atoms with Crippen molar-refractivity contribution in [1.82, 2.24) is 14.7 Å². The van der Waals surface area contributed by atoms with Gasteiger partial charge in [0.15, 0.2) is 0 Å². The number of carbonyl (C=O) groups excluding carboxylic acids is 1. The van der Waals surface area contributed by atoms with Crippen LogP contribution in [0.3, 0.4) is 0 Å². The van der Waals surface area contributed by atoms with Gasteiger partial charge in [0.2, 0.25) is 0 Å². The van der Waals surface area contributed by atoms with Crippen molar-refractivity contribution < 1.29 is 15.0 Å². The van der Waals surface area contributed by atoms with Gasteiger partial charge in [-0.2, -0.15) is 5.10 Å². The number of carbonyl (C=O) groups is 1. The first-order valence-corrected chi connectivity index (χ1v) is 4.75. The highest BCUT2D eigenvalue weighted by molar-refractivity contribution is 5.79. The van der Waals surface area contributed by atoms with Gasteiger partial charge in [-0.25, -0.2) is 4.68 Å². The summed E-state index contributed by atoms with van der Waals surface area (Å²) in [6.45, 7) is 0.808. The van der Waals surface area contributed by atoms with Crippen molar-refractivity contribution in [3.05, 3.63) is 18.5 Å². The topological polar surface area (TPSA) is 78.6 Å². The fourth-order valence-electron chi connectivity index (χ4n) is 1.23. The first kappa shape index (κ1) is 11.8. The van der Waals surface area contributed by atoms with Gasteiger partial charge in [-0.15, -0.1) is 0 Å². The van der Waals surface area contributed by atoms with Gasteiger partial charge in [0.25, 0.3) is 5.91 Å². The van der Waals surface area contributed by atoms with Crippen LogP contribution in [0.5, 0.6) is 0 Å². The number of aliphatic hydroxyl groups excluding tert-OH is 2. The van der Waals surface area contributed by atoms with Gasteiger partial charge in [-0.3, -0.25) is 9.69 Å². The maximum Gasteiger partial charge on any atom is 0.260 e. The van der Waals surface area contributed by atoms with Crippen LogP contribution in [0.15, 0.2) is 18.5 Å². The van der Waals surface area contributed by atoms with Crippen LogP contribution in [0.2, 0.25) is 0 Å². The lowest BCUT2D eigenvalue weighted by atomic mass is 10.4. The van der Waals surface area contributed by atoms with Gasteiger partial charge in [0, 0.05) is 25.5 Å². The molecule has 0 aliphatic rings. The molecule has 0 fully saturated rings. The monoisotopic (exact) mass is 213 g/mol. The molecule has 0 amide bonds. The summed E-state index contributed by atoms with van der Waals surface area (Å²) >= 11 is 0. The van der Waals surface area contributed by atoms with Crippen molar-refractivity contribution >= 4 is 5.91 Å². The van der Waals surface area contributed by atoms with Crippen molar-refractivity contribution in [1.29, 1.82) is 0 Å². The molecular formula is C9H15N3O3. The van der Waals surface area contributed by atoms with Crippen molar-refractivity contribution in [3.63, 3.8) is 0 Å². The molecule has 0 saturated carbocycles. The van der Waals surface area contributed by atoms with Crippen LogP contribution in [-0.4, -0.2) is 63.6 Å². The summed E-state index contributed by atoms with van der Waals surface area (Å²) in [6, 6.07) is 1.67. The average Bonchev–Trinajstić information content (AvgIpc) is 2.71. The lowest BCUT2D eigenvalue weighted by molar-refractivity contribution is 0.0797. The lowest BCUT2D eigenvalue weighted by Gasteiger charge is -2.18. The maximum absolute atomic E-state index is 11.6. The second kappa shape index (κ2) is 6.28. The summed E-state index contributed by atoms with van der Waals surface area (Å²) in [5.74, 6) is -0.179. The molecule has 1 aromatic heterocycles. The standard InChI is InChI=1S/C9H15N3O3/c13-6-4-11(5-7-14)8-9(15)12-3-1-2-10-12/h1-3,13-14H,4-8H2. The predicted molar refractivity (Wildman–Crippen MR) is 53.5 cm³/mol. The Balaban J connectivity index is 2.47. The van der Waals surface area contributed by atoms with Crippen molar-refractivity contribution in [3.8, 4) is 0 Å². The van der Waals surface area contributed by atoms with Gasteiger partial charge in [-0.05, 0) is 6.07 Å². The largest absolute Gasteiger partial charge is 0.395 e. The third-order valence-electron chi connectivity index (χ3n) is 1.95. The highest BCUT2D eigenvalue weighted by atomic mass is 16.3. The fourth-order valence-corrected chi connectivity index (χ4v) is 1.23. The Bertz CT molecular complexity index is 281. The predicted octanol–water partition coefficient (Wildman–Crippen LogP) is -1.19. The molecule has 0 unspecified atom stereocenters. The molecule has 1 rings (SSSR count). The van der Waals surface area contributed by atoms with Gasteiger partial charge >= 0.3 is 0 Å². The second-order valence-electron chi connectivity index (χ2n) is 3.07. The van der Waals surface area contributed by atoms with Crippen LogP contribution in [0.25, 0.3) is 0 Å². The zero-order chi connectivity index (χ0) is 11.1. The quantitative estimate of drug-likeness (QED) is 0.621. The zero-order valence-corrected chi connectivity index (χ0v) is 8.41. The molecule has 0 aliphatic heterocycles. The number of nitrogens with zero attached hydrogens (tertiary/aromatic N) is 3. The van der Waals surface area contributed by atoms with Gasteiger partial charge in [0.1, 0.15) is 0 Å². The average molecular weight is 213 g/mol. The number of aromatic nitrogens is 2. The molecule has 6 heteroatoms. The molecule has 0 atom stereocenters. The zero-order valence-electron chi connectivity index (χ0n) is 8.41. The van der Waals surface area contributed by atoms with E-state index in [2.05, 4.69) is 5.10 Å². The lowest BCUT2D eigenvalue weighted by Crippen LogP contribution is -2.36. The molecular weight excluding hydrogens is 198 g/mol. The van der Waals surface area contributed by atoms with Crippen LogP contribution in [0, 0.1) is 0 Å². The normalized spacial score (nSPS) is 10.9. The number of aliphatic hydroxyl groups is 2. The Hall–Kier alpha value is -1.24. The fraction of sp³-hybridized carbons (Fsp3) is 0.556.